The second kappa shape index (κ2) is 7.55. The third-order valence-electron chi connectivity index (χ3n) is 3.51. The van der Waals surface area contributed by atoms with Gasteiger partial charge in [0.25, 0.3) is 0 Å². The Morgan fingerprint density at radius 2 is 2.12 bits per heavy atom. The average Bonchev–Trinajstić information content (AvgIpc) is 3.05. The second-order valence-electron chi connectivity index (χ2n) is 5.35. The molecule has 1 amide bonds. The lowest BCUT2D eigenvalue weighted by molar-refractivity contribution is -0.116. The van der Waals surface area contributed by atoms with Crippen LogP contribution in [0.2, 0.25) is 5.02 Å². The Labute approximate surface area is 149 Å². The van der Waals surface area contributed by atoms with E-state index in [1.54, 1.807) is 23.6 Å². The lowest BCUT2D eigenvalue weighted by Gasteiger charge is -2.08. The summed E-state index contributed by atoms with van der Waals surface area (Å²) in [6, 6.07) is 11.2. The summed E-state index contributed by atoms with van der Waals surface area (Å²) in [7, 11) is 0. The second-order valence-corrected chi connectivity index (χ2v) is 6.73. The molecule has 0 aliphatic heterocycles. The predicted octanol–water partition coefficient (Wildman–Crippen LogP) is 4.74. The van der Waals surface area contributed by atoms with E-state index in [0.717, 1.165) is 27.6 Å². The average molecular weight is 358 g/mol. The normalized spacial score (nSPS) is 10.6. The first kappa shape index (κ1) is 16.6. The molecular weight excluding hydrogens is 342 g/mol. The highest BCUT2D eigenvalue weighted by atomic mass is 35.5. The third kappa shape index (κ3) is 4.19. The van der Waals surface area contributed by atoms with Gasteiger partial charge in [0.2, 0.25) is 5.91 Å². The van der Waals surface area contributed by atoms with Crippen molar-refractivity contribution in [3.8, 4) is 11.4 Å². The molecule has 2 aromatic heterocycles. The minimum absolute atomic E-state index is 0.0324. The van der Waals surface area contributed by atoms with Crippen LogP contribution in [0.4, 0.5) is 5.69 Å². The van der Waals surface area contributed by atoms with E-state index in [1.807, 2.05) is 42.6 Å². The van der Waals surface area contributed by atoms with Gasteiger partial charge in [0.1, 0.15) is 0 Å². The van der Waals surface area contributed by atoms with Crippen LogP contribution in [0.5, 0.6) is 0 Å². The van der Waals surface area contributed by atoms with Crippen molar-refractivity contribution >= 4 is 34.5 Å². The number of hydrogen-bond acceptors (Lipinski definition) is 4. The molecule has 3 aromatic rings. The lowest BCUT2D eigenvalue weighted by atomic mass is 10.2. The van der Waals surface area contributed by atoms with Crippen molar-refractivity contribution in [2.24, 2.45) is 0 Å². The minimum atomic E-state index is -0.0324. The van der Waals surface area contributed by atoms with Gasteiger partial charge in [0, 0.05) is 35.1 Å². The number of thiazole rings is 1. The molecule has 3 rings (SSSR count). The van der Waals surface area contributed by atoms with E-state index in [-0.39, 0.29) is 5.91 Å². The number of halogens is 1. The molecule has 122 valence electrons. The third-order valence-corrected chi connectivity index (χ3v) is 4.65. The Morgan fingerprint density at radius 1 is 1.25 bits per heavy atom. The Bertz CT molecular complexity index is 848. The Balaban J connectivity index is 1.58. The monoisotopic (exact) mass is 357 g/mol. The molecule has 0 spiro atoms. The first-order valence-electron chi connectivity index (χ1n) is 7.53. The van der Waals surface area contributed by atoms with Gasteiger partial charge in [-0.1, -0.05) is 17.7 Å². The van der Waals surface area contributed by atoms with Gasteiger partial charge in [0.05, 0.1) is 16.4 Å². The molecule has 1 N–H and O–H groups in total. The highest BCUT2D eigenvalue weighted by Gasteiger charge is 2.09. The molecule has 0 unspecified atom stereocenters. The summed E-state index contributed by atoms with van der Waals surface area (Å²) < 4.78 is 0. The van der Waals surface area contributed by atoms with Crippen molar-refractivity contribution in [1.82, 2.24) is 9.97 Å². The molecule has 6 heteroatoms. The van der Waals surface area contributed by atoms with Gasteiger partial charge in [0.15, 0.2) is 0 Å². The number of aryl methyl sites for hydroxylation is 2. The Kier molecular flexibility index (Phi) is 5.23. The number of aromatic nitrogens is 2. The van der Waals surface area contributed by atoms with Gasteiger partial charge >= 0.3 is 0 Å². The SMILES string of the molecule is Cc1cc(Cl)ccc1NC(=O)CCc1nc(-c2ccccn2)cs1. The number of benzene rings is 1. The van der Waals surface area contributed by atoms with Gasteiger partial charge in [-0.25, -0.2) is 4.98 Å². The van der Waals surface area contributed by atoms with Gasteiger partial charge in [-0.05, 0) is 42.8 Å². The molecule has 0 saturated heterocycles. The smallest absolute Gasteiger partial charge is 0.224 e. The van der Waals surface area contributed by atoms with Crippen molar-refractivity contribution in [3.63, 3.8) is 0 Å². The summed E-state index contributed by atoms with van der Waals surface area (Å²) in [6.07, 6.45) is 2.74. The van der Waals surface area contributed by atoms with Crippen LogP contribution in [0.15, 0.2) is 48.0 Å². The molecule has 0 aliphatic rings. The van der Waals surface area contributed by atoms with Crippen molar-refractivity contribution in [3.05, 3.63) is 63.6 Å². The van der Waals surface area contributed by atoms with E-state index in [1.165, 1.54) is 0 Å². The molecule has 0 saturated carbocycles. The van der Waals surface area contributed by atoms with Crippen molar-refractivity contribution in [2.75, 3.05) is 5.32 Å². The van der Waals surface area contributed by atoms with E-state index >= 15 is 0 Å². The fourth-order valence-electron chi connectivity index (χ4n) is 2.26. The summed E-state index contributed by atoms with van der Waals surface area (Å²) in [5, 5.41) is 6.48. The molecule has 0 fully saturated rings. The predicted molar refractivity (Wildman–Crippen MR) is 98.5 cm³/mol. The topological polar surface area (TPSA) is 54.9 Å². The zero-order chi connectivity index (χ0) is 16.9. The number of anilines is 1. The van der Waals surface area contributed by atoms with E-state index < -0.39 is 0 Å². The van der Waals surface area contributed by atoms with Crippen LogP contribution < -0.4 is 5.32 Å². The van der Waals surface area contributed by atoms with Gasteiger partial charge in [-0.2, -0.15) is 0 Å². The maximum absolute atomic E-state index is 12.1. The molecule has 0 atom stereocenters. The van der Waals surface area contributed by atoms with Crippen LogP contribution in [0.1, 0.15) is 17.0 Å². The first-order valence-corrected chi connectivity index (χ1v) is 8.79. The number of rotatable bonds is 5. The molecular formula is C18H16ClN3OS. The maximum atomic E-state index is 12.1. The highest BCUT2D eigenvalue weighted by Crippen LogP contribution is 2.22. The first-order chi connectivity index (χ1) is 11.6. The summed E-state index contributed by atoms with van der Waals surface area (Å²) in [5.74, 6) is -0.0324. The summed E-state index contributed by atoms with van der Waals surface area (Å²) in [4.78, 5) is 21.0. The van der Waals surface area contributed by atoms with E-state index in [2.05, 4.69) is 15.3 Å². The molecule has 24 heavy (non-hydrogen) atoms. The molecule has 1 aromatic carbocycles. The zero-order valence-electron chi connectivity index (χ0n) is 13.1. The molecule has 0 radical (unpaired) electrons. The van der Waals surface area contributed by atoms with Crippen LogP contribution in [-0.2, 0) is 11.2 Å². The number of pyridine rings is 1. The van der Waals surface area contributed by atoms with Crippen LogP contribution in [0.25, 0.3) is 11.4 Å². The van der Waals surface area contributed by atoms with Crippen molar-refractivity contribution in [2.45, 2.75) is 19.8 Å². The minimum Gasteiger partial charge on any atom is -0.326 e. The number of nitrogens with one attached hydrogen (secondary N) is 1. The quantitative estimate of drug-likeness (QED) is 0.717. The zero-order valence-corrected chi connectivity index (χ0v) is 14.7. The number of hydrogen-bond donors (Lipinski definition) is 1. The lowest BCUT2D eigenvalue weighted by Crippen LogP contribution is -2.13. The van der Waals surface area contributed by atoms with Gasteiger partial charge in [-0.15, -0.1) is 11.3 Å². The van der Waals surface area contributed by atoms with E-state index in [0.29, 0.717) is 17.9 Å². The van der Waals surface area contributed by atoms with E-state index in [9.17, 15) is 4.79 Å². The standard InChI is InChI=1S/C18H16ClN3OS/c1-12-10-13(19)5-6-14(12)21-17(23)7-8-18-22-16(11-24-18)15-4-2-3-9-20-15/h2-6,9-11H,7-8H2,1H3,(H,21,23). The summed E-state index contributed by atoms with van der Waals surface area (Å²) in [6.45, 7) is 1.92. The number of amides is 1. The number of nitrogens with zero attached hydrogens (tertiary/aromatic N) is 2. The molecule has 4 nitrogen and oxygen atoms in total. The van der Waals surface area contributed by atoms with Crippen molar-refractivity contribution in [1.29, 1.82) is 0 Å². The van der Waals surface area contributed by atoms with Gasteiger partial charge < -0.3 is 5.32 Å². The Morgan fingerprint density at radius 3 is 2.88 bits per heavy atom. The summed E-state index contributed by atoms with van der Waals surface area (Å²) in [5.41, 5.74) is 3.44. The Hall–Kier alpha value is -2.24. The highest BCUT2D eigenvalue weighted by molar-refractivity contribution is 7.09. The molecule has 0 aliphatic carbocycles. The van der Waals surface area contributed by atoms with Crippen LogP contribution in [-0.4, -0.2) is 15.9 Å². The fourth-order valence-corrected chi connectivity index (χ4v) is 3.28. The van der Waals surface area contributed by atoms with Crippen molar-refractivity contribution < 1.29 is 4.79 Å². The summed E-state index contributed by atoms with van der Waals surface area (Å²) >= 11 is 7.47. The largest absolute Gasteiger partial charge is 0.326 e. The molecule has 0 bridgehead atoms. The molecule has 2 heterocycles. The fraction of sp³-hybridized carbons (Fsp3) is 0.167. The van der Waals surface area contributed by atoms with Crippen LogP contribution in [0, 0.1) is 6.92 Å². The van der Waals surface area contributed by atoms with Crippen LogP contribution in [0.3, 0.4) is 0 Å². The number of carbonyl (C=O) groups excluding carboxylic acids is 1. The number of carbonyl (C=O) groups is 1. The van der Waals surface area contributed by atoms with E-state index in [4.69, 9.17) is 11.6 Å². The van der Waals surface area contributed by atoms with Crippen LogP contribution >= 0.6 is 22.9 Å². The maximum Gasteiger partial charge on any atom is 0.224 e. The van der Waals surface area contributed by atoms with Gasteiger partial charge in [-0.3, -0.25) is 9.78 Å².